The van der Waals surface area contributed by atoms with E-state index >= 15 is 0 Å². The highest BCUT2D eigenvalue weighted by atomic mass is 16.5. The molecule has 0 aliphatic carbocycles. The van der Waals surface area contributed by atoms with Crippen LogP contribution in [0.15, 0.2) is 84.4 Å². The molecule has 4 rings (SSSR count). The average Bonchev–Trinajstić information content (AvgIpc) is 2.82. The van der Waals surface area contributed by atoms with Crippen molar-refractivity contribution < 1.29 is 14.3 Å². The van der Waals surface area contributed by atoms with Gasteiger partial charge in [0.2, 0.25) is 0 Å². The van der Waals surface area contributed by atoms with Gasteiger partial charge in [-0.25, -0.2) is 9.69 Å². The molecule has 0 N–H and O–H groups in total. The van der Waals surface area contributed by atoms with E-state index in [0.717, 1.165) is 23.1 Å². The summed E-state index contributed by atoms with van der Waals surface area (Å²) in [7, 11) is 1.58. The first kappa shape index (κ1) is 21.4. The van der Waals surface area contributed by atoms with Gasteiger partial charge in [-0.15, -0.1) is 0 Å². The molecule has 3 amide bonds. The number of amides is 3. The minimum atomic E-state index is -0.307. The van der Waals surface area contributed by atoms with Crippen LogP contribution in [0.2, 0.25) is 0 Å². The summed E-state index contributed by atoms with van der Waals surface area (Å²) in [6, 6.07) is 24.6. The molecule has 3 aromatic carbocycles. The van der Waals surface area contributed by atoms with E-state index in [9.17, 15) is 9.59 Å². The predicted molar refractivity (Wildman–Crippen MR) is 127 cm³/mol. The fraction of sp³-hybridized carbons (Fsp3) is 0.185. The molecule has 162 valence electrons. The van der Waals surface area contributed by atoms with Gasteiger partial charge in [0.25, 0.3) is 5.91 Å². The van der Waals surface area contributed by atoms with E-state index in [4.69, 9.17) is 4.74 Å². The maximum absolute atomic E-state index is 13.4. The van der Waals surface area contributed by atoms with Crippen molar-refractivity contribution in [1.82, 2.24) is 4.90 Å². The van der Waals surface area contributed by atoms with Crippen LogP contribution in [0.4, 0.5) is 10.5 Å². The lowest BCUT2D eigenvalue weighted by molar-refractivity contribution is -0.115. The van der Waals surface area contributed by atoms with Crippen LogP contribution in [0.25, 0.3) is 6.08 Å². The fourth-order valence-electron chi connectivity index (χ4n) is 3.80. The number of anilines is 1. The molecule has 0 atom stereocenters. The lowest BCUT2D eigenvalue weighted by Gasteiger charge is -2.35. The van der Waals surface area contributed by atoms with Crippen LogP contribution in [-0.2, 0) is 11.2 Å². The van der Waals surface area contributed by atoms with Gasteiger partial charge in [0.15, 0.2) is 0 Å². The topological polar surface area (TPSA) is 49.9 Å². The Morgan fingerprint density at radius 1 is 0.906 bits per heavy atom. The second-order valence-electron chi connectivity index (χ2n) is 7.80. The molecule has 1 aliphatic rings. The normalized spacial score (nSPS) is 15.4. The minimum absolute atomic E-state index is 0.283. The number of carbonyl (C=O) groups excluding carboxylic acids is 2. The highest BCUT2D eigenvalue weighted by Crippen LogP contribution is 2.27. The summed E-state index contributed by atoms with van der Waals surface area (Å²) in [4.78, 5) is 29.8. The molecular formula is C27H26N2O3. The lowest BCUT2D eigenvalue weighted by atomic mass is 10.0. The molecule has 1 aliphatic heterocycles. The Morgan fingerprint density at radius 3 is 2.28 bits per heavy atom. The molecule has 0 unspecified atom stereocenters. The molecule has 0 bridgehead atoms. The van der Waals surface area contributed by atoms with Crippen molar-refractivity contribution in [3.05, 3.63) is 101 Å². The fourth-order valence-corrected chi connectivity index (χ4v) is 3.80. The van der Waals surface area contributed by atoms with Crippen LogP contribution >= 0.6 is 0 Å². The number of hydrogen-bond donors (Lipinski definition) is 0. The van der Waals surface area contributed by atoms with Crippen LogP contribution in [0.1, 0.15) is 16.7 Å². The Balaban J connectivity index is 1.68. The summed E-state index contributed by atoms with van der Waals surface area (Å²) in [6.07, 6.45) is 2.62. The predicted octanol–water partition coefficient (Wildman–Crippen LogP) is 5.10. The number of aryl methyl sites for hydroxylation is 1. The molecule has 5 nitrogen and oxygen atoms in total. The van der Waals surface area contributed by atoms with Crippen LogP contribution in [0.3, 0.4) is 0 Å². The van der Waals surface area contributed by atoms with E-state index < -0.39 is 0 Å². The number of carbonyl (C=O) groups is 2. The first-order chi connectivity index (χ1) is 15.6. The smallest absolute Gasteiger partial charge is 0.331 e. The minimum Gasteiger partial charge on any atom is -0.497 e. The summed E-state index contributed by atoms with van der Waals surface area (Å²) in [5, 5.41) is 0. The molecular weight excluding hydrogens is 400 g/mol. The second-order valence-corrected chi connectivity index (χ2v) is 7.80. The van der Waals surface area contributed by atoms with Crippen LogP contribution in [-0.4, -0.2) is 37.0 Å². The summed E-state index contributed by atoms with van der Waals surface area (Å²) in [6.45, 7) is 2.82. The third-order valence-corrected chi connectivity index (χ3v) is 5.66. The molecule has 5 heteroatoms. The highest BCUT2D eigenvalue weighted by Gasteiger charge is 2.36. The Kier molecular flexibility index (Phi) is 6.36. The summed E-state index contributed by atoms with van der Waals surface area (Å²) in [5.41, 5.74) is 4.32. The number of imide groups is 1. The Hall–Kier alpha value is -3.86. The van der Waals surface area contributed by atoms with Gasteiger partial charge in [-0.3, -0.25) is 4.79 Å². The van der Waals surface area contributed by atoms with Crippen molar-refractivity contribution in [2.24, 2.45) is 0 Å². The number of methoxy groups -OCH3 is 1. The van der Waals surface area contributed by atoms with Crippen molar-refractivity contribution in [2.75, 3.05) is 25.1 Å². The SMILES string of the molecule is COc1ccc(N2C(=O)/C(=C/c3ccccc3C)CN(CCc3ccccc3)C2=O)cc1. The van der Waals surface area contributed by atoms with E-state index in [1.807, 2.05) is 67.6 Å². The van der Waals surface area contributed by atoms with Gasteiger partial charge in [0.1, 0.15) is 5.75 Å². The Morgan fingerprint density at radius 2 is 1.59 bits per heavy atom. The molecule has 32 heavy (non-hydrogen) atoms. The number of urea groups is 1. The third kappa shape index (κ3) is 4.57. The van der Waals surface area contributed by atoms with Gasteiger partial charge in [-0.2, -0.15) is 0 Å². The van der Waals surface area contributed by atoms with Crippen molar-refractivity contribution in [1.29, 1.82) is 0 Å². The highest BCUT2D eigenvalue weighted by molar-refractivity contribution is 6.24. The average molecular weight is 427 g/mol. The van der Waals surface area contributed by atoms with Crippen molar-refractivity contribution >= 4 is 23.7 Å². The van der Waals surface area contributed by atoms with Gasteiger partial charge in [-0.1, -0.05) is 54.6 Å². The maximum atomic E-state index is 13.4. The van der Waals surface area contributed by atoms with Crippen molar-refractivity contribution in [3.8, 4) is 5.75 Å². The number of hydrogen-bond acceptors (Lipinski definition) is 3. The molecule has 1 heterocycles. The number of benzene rings is 3. The third-order valence-electron chi connectivity index (χ3n) is 5.66. The quantitative estimate of drug-likeness (QED) is 0.516. The van der Waals surface area contributed by atoms with Crippen molar-refractivity contribution in [3.63, 3.8) is 0 Å². The van der Waals surface area contributed by atoms with Gasteiger partial charge in [0.05, 0.1) is 19.3 Å². The first-order valence-electron chi connectivity index (χ1n) is 10.6. The van der Waals surface area contributed by atoms with Gasteiger partial charge in [-0.05, 0) is 60.4 Å². The van der Waals surface area contributed by atoms with Crippen LogP contribution < -0.4 is 9.64 Å². The van der Waals surface area contributed by atoms with E-state index in [2.05, 4.69) is 0 Å². The zero-order valence-electron chi connectivity index (χ0n) is 18.3. The van der Waals surface area contributed by atoms with E-state index in [-0.39, 0.29) is 18.5 Å². The lowest BCUT2D eigenvalue weighted by Crippen LogP contribution is -2.54. The monoisotopic (exact) mass is 426 g/mol. The largest absolute Gasteiger partial charge is 0.497 e. The van der Waals surface area contributed by atoms with Gasteiger partial charge < -0.3 is 9.64 Å². The molecule has 3 aromatic rings. The zero-order chi connectivity index (χ0) is 22.5. The van der Waals surface area contributed by atoms with E-state index in [1.54, 1.807) is 36.3 Å². The summed E-state index contributed by atoms with van der Waals surface area (Å²) in [5.74, 6) is 0.377. The number of ether oxygens (including phenoxy) is 1. The van der Waals surface area contributed by atoms with Gasteiger partial charge in [0, 0.05) is 12.1 Å². The molecule has 0 spiro atoms. The number of rotatable bonds is 6. The van der Waals surface area contributed by atoms with Crippen LogP contribution in [0.5, 0.6) is 5.75 Å². The Labute approximate surface area is 188 Å². The first-order valence-corrected chi connectivity index (χ1v) is 10.6. The van der Waals surface area contributed by atoms with E-state index in [0.29, 0.717) is 23.6 Å². The van der Waals surface area contributed by atoms with Gasteiger partial charge >= 0.3 is 6.03 Å². The Bertz CT molecular complexity index is 1140. The molecule has 1 fully saturated rings. The standard InChI is InChI=1S/C27H26N2O3/c1-20-8-6-7-11-22(20)18-23-19-28(17-16-21-9-4-3-5-10-21)27(31)29(26(23)30)24-12-14-25(32-2)15-13-24/h3-15,18H,16-17,19H2,1-2H3/b23-18+. The molecule has 0 radical (unpaired) electrons. The second kappa shape index (κ2) is 9.52. The maximum Gasteiger partial charge on any atom is 0.331 e. The van der Waals surface area contributed by atoms with Crippen molar-refractivity contribution in [2.45, 2.75) is 13.3 Å². The number of nitrogens with zero attached hydrogens (tertiary/aromatic N) is 2. The molecule has 1 saturated heterocycles. The summed E-state index contributed by atoms with van der Waals surface area (Å²) < 4.78 is 5.22. The molecule has 0 saturated carbocycles. The molecule has 0 aromatic heterocycles. The van der Waals surface area contributed by atoms with E-state index in [1.165, 1.54) is 4.90 Å². The summed E-state index contributed by atoms with van der Waals surface area (Å²) >= 11 is 0. The van der Waals surface area contributed by atoms with Crippen LogP contribution in [0, 0.1) is 6.92 Å². The zero-order valence-corrected chi connectivity index (χ0v) is 18.3.